The molecular formula is C28H25F3N4O4. The van der Waals surface area contributed by atoms with Gasteiger partial charge >= 0.3 is 11.9 Å². The Bertz CT molecular complexity index is 1640. The number of halogens is 3. The summed E-state index contributed by atoms with van der Waals surface area (Å²) >= 11 is 0. The van der Waals surface area contributed by atoms with Crippen molar-refractivity contribution in [1.82, 2.24) is 14.5 Å². The average molecular weight is 539 g/mol. The third kappa shape index (κ3) is 5.38. The van der Waals surface area contributed by atoms with E-state index in [2.05, 4.69) is 4.98 Å². The second kappa shape index (κ2) is 10.3. The first kappa shape index (κ1) is 26.1. The molecule has 0 spiro atoms. The number of anilines is 1. The highest BCUT2D eigenvalue weighted by Gasteiger charge is 2.31. The highest BCUT2D eigenvalue weighted by molar-refractivity contribution is 5.97. The Hall–Kier alpha value is -4.54. The summed E-state index contributed by atoms with van der Waals surface area (Å²) in [5, 5.41) is 0.272. The number of carbonyl (C=O) groups excluding carboxylic acids is 1. The number of aromatic nitrogens is 2. The number of H-pyrrole nitrogens is 1. The van der Waals surface area contributed by atoms with Crippen LogP contribution in [0.3, 0.4) is 0 Å². The molecule has 3 aromatic carbocycles. The molecule has 202 valence electrons. The molecule has 11 heteroatoms. The van der Waals surface area contributed by atoms with Gasteiger partial charge in [0.1, 0.15) is 5.75 Å². The maximum absolute atomic E-state index is 13.2. The molecule has 4 aromatic rings. The fourth-order valence-corrected chi connectivity index (χ4v) is 4.67. The Balaban J connectivity index is 1.31. The van der Waals surface area contributed by atoms with E-state index in [1.165, 1.54) is 18.2 Å². The molecule has 1 saturated heterocycles. The number of benzene rings is 3. The smallest absolute Gasteiger partial charge is 0.416 e. The lowest BCUT2D eigenvalue weighted by atomic mass is 10.1. The zero-order chi connectivity index (χ0) is 27.7. The van der Waals surface area contributed by atoms with Gasteiger partial charge in [-0.3, -0.25) is 14.2 Å². The number of amides is 1. The molecule has 1 amide bonds. The summed E-state index contributed by atoms with van der Waals surface area (Å²) < 4.78 is 45.5. The zero-order valence-electron chi connectivity index (χ0n) is 21.0. The molecule has 0 unspecified atom stereocenters. The second-order valence-corrected chi connectivity index (χ2v) is 9.26. The van der Waals surface area contributed by atoms with Gasteiger partial charge in [0.25, 0.3) is 11.5 Å². The molecule has 1 aliphatic heterocycles. The molecule has 1 fully saturated rings. The summed E-state index contributed by atoms with van der Waals surface area (Å²) in [6.07, 6.45) is -4.43. The van der Waals surface area contributed by atoms with Crippen molar-refractivity contribution in [1.29, 1.82) is 0 Å². The Labute approximate surface area is 220 Å². The maximum atomic E-state index is 13.2. The van der Waals surface area contributed by atoms with Crippen LogP contribution in [0.2, 0.25) is 0 Å². The van der Waals surface area contributed by atoms with Crippen molar-refractivity contribution >= 4 is 22.5 Å². The quantitative estimate of drug-likeness (QED) is 0.419. The Morgan fingerprint density at radius 2 is 1.67 bits per heavy atom. The van der Waals surface area contributed by atoms with Crippen LogP contribution in [-0.2, 0) is 12.7 Å². The van der Waals surface area contributed by atoms with E-state index in [0.29, 0.717) is 43.2 Å². The highest BCUT2D eigenvalue weighted by Crippen LogP contribution is 2.32. The van der Waals surface area contributed by atoms with Crippen molar-refractivity contribution in [2.45, 2.75) is 12.7 Å². The van der Waals surface area contributed by atoms with Gasteiger partial charge in [-0.1, -0.05) is 18.2 Å². The number of ether oxygens (including phenoxy) is 1. The van der Waals surface area contributed by atoms with Crippen LogP contribution in [0.1, 0.15) is 21.5 Å². The van der Waals surface area contributed by atoms with Crippen molar-refractivity contribution in [2.75, 3.05) is 38.2 Å². The lowest BCUT2D eigenvalue weighted by Crippen LogP contribution is -2.48. The minimum atomic E-state index is -4.43. The van der Waals surface area contributed by atoms with Crippen LogP contribution in [0.4, 0.5) is 18.9 Å². The summed E-state index contributed by atoms with van der Waals surface area (Å²) in [5.41, 5.74) is -0.0278. The number of alkyl halides is 3. The van der Waals surface area contributed by atoms with Crippen LogP contribution in [0, 0.1) is 0 Å². The van der Waals surface area contributed by atoms with Crippen molar-refractivity contribution in [3.05, 3.63) is 104 Å². The van der Waals surface area contributed by atoms with Crippen LogP contribution in [0.5, 0.6) is 5.75 Å². The van der Waals surface area contributed by atoms with Gasteiger partial charge in [0.2, 0.25) is 0 Å². The number of fused-ring (bicyclic) bond motifs is 1. The normalized spacial score (nSPS) is 14.1. The van der Waals surface area contributed by atoms with Crippen LogP contribution < -0.4 is 20.9 Å². The molecule has 39 heavy (non-hydrogen) atoms. The molecule has 5 rings (SSSR count). The number of hydrogen-bond acceptors (Lipinski definition) is 5. The summed E-state index contributed by atoms with van der Waals surface area (Å²) in [7, 11) is 1.55. The summed E-state index contributed by atoms with van der Waals surface area (Å²) in [6.45, 7) is 1.44. The molecule has 8 nitrogen and oxygen atoms in total. The van der Waals surface area contributed by atoms with Gasteiger partial charge in [0.15, 0.2) is 0 Å². The predicted octanol–water partition coefficient (Wildman–Crippen LogP) is 3.73. The van der Waals surface area contributed by atoms with E-state index < -0.39 is 23.0 Å². The lowest BCUT2D eigenvalue weighted by Gasteiger charge is -2.36. The van der Waals surface area contributed by atoms with E-state index in [9.17, 15) is 27.6 Å². The number of nitrogens with zero attached hydrogens (tertiary/aromatic N) is 3. The average Bonchev–Trinajstić information content (AvgIpc) is 2.94. The number of aromatic amines is 1. The Morgan fingerprint density at radius 1 is 0.949 bits per heavy atom. The van der Waals surface area contributed by atoms with Crippen molar-refractivity contribution in [3.8, 4) is 5.75 Å². The van der Waals surface area contributed by atoms with E-state index >= 15 is 0 Å². The molecule has 0 saturated carbocycles. The van der Waals surface area contributed by atoms with Crippen LogP contribution in [0.25, 0.3) is 10.9 Å². The van der Waals surface area contributed by atoms with Crippen molar-refractivity contribution in [2.24, 2.45) is 0 Å². The number of methoxy groups -OCH3 is 1. The van der Waals surface area contributed by atoms with Crippen LogP contribution >= 0.6 is 0 Å². The van der Waals surface area contributed by atoms with Gasteiger partial charge in [-0.25, -0.2) is 4.79 Å². The van der Waals surface area contributed by atoms with Gasteiger partial charge in [-0.15, -0.1) is 0 Å². The lowest BCUT2D eigenvalue weighted by molar-refractivity contribution is -0.137. The van der Waals surface area contributed by atoms with Gasteiger partial charge in [-0.2, -0.15) is 13.2 Å². The van der Waals surface area contributed by atoms with Gasteiger partial charge in [0, 0.05) is 37.4 Å². The maximum Gasteiger partial charge on any atom is 0.416 e. The van der Waals surface area contributed by atoms with E-state index in [-0.39, 0.29) is 23.4 Å². The minimum Gasteiger partial charge on any atom is -0.497 e. The van der Waals surface area contributed by atoms with Crippen molar-refractivity contribution in [3.63, 3.8) is 0 Å². The summed E-state index contributed by atoms with van der Waals surface area (Å²) in [6, 6.07) is 16.7. The molecule has 0 atom stereocenters. The monoisotopic (exact) mass is 538 g/mol. The fourth-order valence-electron chi connectivity index (χ4n) is 4.67. The third-order valence-corrected chi connectivity index (χ3v) is 6.83. The fraction of sp³-hybridized carbons (Fsp3) is 0.250. The Morgan fingerprint density at radius 3 is 2.33 bits per heavy atom. The van der Waals surface area contributed by atoms with Crippen LogP contribution in [0.15, 0.2) is 76.3 Å². The first-order valence-electron chi connectivity index (χ1n) is 12.3. The van der Waals surface area contributed by atoms with Gasteiger partial charge in [-0.05, 0) is 54.1 Å². The number of hydrogen-bond donors (Lipinski definition) is 1. The van der Waals surface area contributed by atoms with E-state index in [1.54, 1.807) is 48.4 Å². The number of carbonyl (C=O) groups is 1. The summed E-state index contributed by atoms with van der Waals surface area (Å²) in [4.78, 5) is 45.1. The topological polar surface area (TPSA) is 87.6 Å². The molecule has 1 N–H and O–H groups in total. The van der Waals surface area contributed by atoms with Gasteiger partial charge in [0.05, 0.1) is 30.1 Å². The largest absolute Gasteiger partial charge is 0.497 e. The zero-order valence-corrected chi connectivity index (χ0v) is 21.0. The molecule has 0 radical (unpaired) electrons. The third-order valence-electron chi connectivity index (χ3n) is 6.83. The SMILES string of the molecule is COc1ccc(Cn2c(=O)[nH]c3cc(C(=O)N4CCN(c5cccc(C(F)(F)F)c5)CC4)ccc3c2=O)cc1. The highest BCUT2D eigenvalue weighted by atomic mass is 19.4. The van der Waals surface area contributed by atoms with Gasteiger partial charge < -0.3 is 19.5 Å². The first-order valence-corrected chi connectivity index (χ1v) is 12.3. The minimum absolute atomic E-state index is 0.0743. The molecule has 1 aromatic heterocycles. The Kier molecular flexibility index (Phi) is 6.90. The number of rotatable bonds is 5. The molecule has 0 bridgehead atoms. The second-order valence-electron chi connectivity index (χ2n) is 9.26. The number of piperazine rings is 1. The molecule has 0 aliphatic carbocycles. The van der Waals surface area contributed by atoms with E-state index in [0.717, 1.165) is 22.3 Å². The standard InChI is InChI=1S/C28H25F3N4O4/c1-39-22-8-5-18(6-9-22)17-35-26(37)23-10-7-19(15-24(23)32-27(35)38)25(36)34-13-11-33(12-14-34)21-4-2-3-20(16-21)28(29,30)31/h2-10,15-16H,11-14,17H2,1H3,(H,32,38). The van der Waals surface area contributed by atoms with E-state index in [1.807, 2.05) is 4.90 Å². The summed E-state index contributed by atoms with van der Waals surface area (Å²) in [5.74, 6) is 0.372. The number of nitrogens with one attached hydrogen (secondary N) is 1. The first-order chi connectivity index (χ1) is 18.6. The predicted molar refractivity (Wildman–Crippen MR) is 140 cm³/mol. The molecular weight excluding hydrogens is 513 g/mol. The van der Waals surface area contributed by atoms with Crippen molar-refractivity contribution < 1.29 is 22.7 Å². The molecule has 1 aliphatic rings. The molecule has 2 heterocycles. The van der Waals surface area contributed by atoms with Crippen LogP contribution in [-0.4, -0.2) is 53.6 Å². The van der Waals surface area contributed by atoms with E-state index in [4.69, 9.17) is 4.74 Å².